The number of nitrogens with zero attached hydrogens (tertiary/aromatic N) is 7. The molecule has 3 N–H and O–H groups in total. The normalized spacial score (nSPS) is 15.6. The molecule has 1 amide bonds. The number of anilines is 1. The lowest BCUT2D eigenvalue weighted by molar-refractivity contribution is 0.0935. The summed E-state index contributed by atoms with van der Waals surface area (Å²) >= 11 is 0. The average molecular weight is 554 g/mol. The maximum atomic E-state index is 13.3. The van der Waals surface area contributed by atoms with Gasteiger partial charge in [0.2, 0.25) is 0 Å². The van der Waals surface area contributed by atoms with E-state index in [1.165, 1.54) is 5.56 Å². The van der Waals surface area contributed by atoms with Crippen molar-refractivity contribution in [1.82, 2.24) is 39.6 Å². The summed E-state index contributed by atoms with van der Waals surface area (Å²) in [4.78, 5) is 32.0. The Morgan fingerprint density at radius 2 is 1.90 bits per heavy atom. The van der Waals surface area contributed by atoms with Gasteiger partial charge in [-0.15, -0.1) is 0 Å². The van der Waals surface area contributed by atoms with Crippen molar-refractivity contribution in [1.29, 1.82) is 0 Å². The zero-order valence-corrected chi connectivity index (χ0v) is 22.7. The van der Waals surface area contributed by atoms with Gasteiger partial charge in [-0.05, 0) is 97.3 Å². The molecule has 206 valence electrons. The number of aryl methyl sites for hydroxylation is 2. The van der Waals surface area contributed by atoms with E-state index >= 15 is 0 Å². The molecular formula is C32H27N9O. The van der Waals surface area contributed by atoms with Crippen LogP contribution in [0, 0.1) is 0 Å². The number of carbonyl (C=O) groups is 1. The number of fused-ring (bicyclic) bond motifs is 3. The quantitative estimate of drug-likeness (QED) is 0.320. The van der Waals surface area contributed by atoms with E-state index in [0.29, 0.717) is 23.1 Å². The lowest BCUT2D eigenvalue weighted by Gasteiger charge is -2.17. The van der Waals surface area contributed by atoms with Crippen LogP contribution in [0.4, 0.5) is 5.82 Å². The first-order valence-corrected chi connectivity index (χ1v) is 14.2. The molecule has 2 aliphatic carbocycles. The van der Waals surface area contributed by atoms with E-state index in [2.05, 4.69) is 38.6 Å². The van der Waals surface area contributed by atoms with Crippen molar-refractivity contribution in [3.05, 3.63) is 107 Å². The van der Waals surface area contributed by atoms with Crippen LogP contribution < -0.4 is 11.1 Å². The first-order valence-electron chi connectivity index (χ1n) is 14.2. The minimum Gasteiger partial charge on any atom is -0.383 e. The van der Waals surface area contributed by atoms with Gasteiger partial charge in [0.25, 0.3) is 5.91 Å². The van der Waals surface area contributed by atoms with Gasteiger partial charge in [-0.2, -0.15) is 5.10 Å². The number of aromatic nitrogens is 7. The molecule has 0 saturated heterocycles. The predicted octanol–water partition coefficient (Wildman–Crippen LogP) is 4.55. The van der Waals surface area contributed by atoms with Crippen LogP contribution in [0.5, 0.6) is 0 Å². The van der Waals surface area contributed by atoms with E-state index in [-0.39, 0.29) is 11.9 Å². The van der Waals surface area contributed by atoms with Gasteiger partial charge >= 0.3 is 0 Å². The van der Waals surface area contributed by atoms with Gasteiger partial charge in [-0.1, -0.05) is 6.07 Å². The molecule has 0 spiro atoms. The van der Waals surface area contributed by atoms with Gasteiger partial charge in [-0.25, -0.2) is 19.6 Å². The topological polar surface area (TPSA) is 129 Å². The number of benzene rings is 1. The number of nitrogen functional groups attached to an aromatic ring is 1. The number of carbonyl (C=O) groups excluding carboxylic acids is 1. The highest BCUT2D eigenvalue weighted by atomic mass is 16.1. The largest absolute Gasteiger partial charge is 0.383 e. The molecule has 1 aromatic carbocycles. The Labute approximate surface area is 241 Å². The highest BCUT2D eigenvalue weighted by Gasteiger charge is 2.28. The zero-order valence-electron chi connectivity index (χ0n) is 22.7. The predicted molar refractivity (Wildman–Crippen MR) is 158 cm³/mol. The third-order valence-corrected chi connectivity index (χ3v) is 8.31. The number of amides is 1. The molecule has 5 aromatic heterocycles. The minimum atomic E-state index is -0.0516. The molecule has 6 aromatic rings. The van der Waals surface area contributed by atoms with E-state index in [9.17, 15) is 4.79 Å². The second-order valence-corrected chi connectivity index (χ2v) is 10.8. The third kappa shape index (κ3) is 3.94. The Morgan fingerprint density at radius 1 is 0.952 bits per heavy atom. The number of nitrogens with two attached hydrogens (primary N) is 1. The first kappa shape index (κ1) is 24.4. The molecule has 2 aliphatic rings. The molecule has 1 atom stereocenters. The SMILES string of the molecule is Nc1ncccc1-c1nc2ccc(-n3cccn3)nc2n1-c1ccc2c(c1)CC[C@@H]2NC(=O)c1ccnc2c1CCC2. The molecule has 0 aliphatic heterocycles. The number of hydrogen-bond donors (Lipinski definition) is 2. The molecule has 0 fully saturated rings. The lowest BCUT2D eigenvalue weighted by atomic mass is 10.0. The fourth-order valence-corrected chi connectivity index (χ4v) is 6.32. The second-order valence-electron chi connectivity index (χ2n) is 10.8. The van der Waals surface area contributed by atoms with Crippen LogP contribution in [0.2, 0.25) is 0 Å². The van der Waals surface area contributed by atoms with Gasteiger partial charge < -0.3 is 11.1 Å². The molecule has 0 unspecified atom stereocenters. The Morgan fingerprint density at radius 3 is 2.79 bits per heavy atom. The van der Waals surface area contributed by atoms with Crippen LogP contribution in [-0.4, -0.2) is 40.2 Å². The van der Waals surface area contributed by atoms with Gasteiger partial charge in [0, 0.05) is 41.7 Å². The summed E-state index contributed by atoms with van der Waals surface area (Å²) in [5, 5.41) is 7.65. The Hall–Kier alpha value is -5.38. The minimum absolute atomic E-state index is 0.0252. The fourth-order valence-electron chi connectivity index (χ4n) is 6.32. The summed E-state index contributed by atoms with van der Waals surface area (Å²) in [7, 11) is 0. The molecule has 5 heterocycles. The summed E-state index contributed by atoms with van der Waals surface area (Å²) in [6.07, 6.45) is 11.6. The number of pyridine rings is 3. The van der Waals surface area contributed by atoms with Crippen molar-refractivity contribution in [3.63, 3.8) is 0 Å². The van der Waals surface area contributed by atoms with Crippen LogP contribution >= 0.6 is 0 Å². The summed E-state index contributed by atoms with van der Waals surface area (Å²) in [6.45, 7) is 0. The number of hydrogen-bond acceptors (Lipinski definition) is 7. The summed E-state index contributed by atoms with van der Waals surface area (Å²) < 4.78 is 3.76. The molecular weight excluding hydrogens is 526 g/mol. The number of imidazole rings is 1. The van der Waals surface area contributed by atoms with E-state index in [1.807, 2.05) is 47.2 Å². The highest BCUT2D eigenvalue weighted by molar-refractivity contribution is 5.96. The molecule has 0 radical (unpaired) electrons. The standard InChI is InChI=1S/C32H27N9O/c33-29-24(5-2-14-35-29)30-37-27-11-12-28(40-17-3-15-36-40)39-31(27)41(30)20-8-9-21-19(18-20)7-10-26(21)38-32(42)23-13-16-34-25-6-1-4-22(23)25/h2-3,5,8-9,11-18,26H,1,4,6-7,10H2,(H2,33,35)(H,38,42)/t26-/m0/s1. The van der Waals surface area contributed by atoms with Crippen molar-refractivity contribution >= 4 is 22.9 Å². The molecule has 8 rings (SSSR count). The maximum absolute atomic E-state index is 13.3. The number of nitrogens with one attached hydrogen (secondary N) is 1. The molecule has 10 heteroatoms. The van der Waals surface area contributed by atoms with Crippen molar-refractivity contribution in [2.75, 3.05) is 5.73 Å². The Bertz CT molecular complexity index is 1990. The van der Waals surface area contributed by atoms with Crippen LogP contribution in [0.15, 0.2) is 79.4 Å². The zero-order chi connectivity index (χ0) is 28.2. The second kappa shape index (κ2) is 9.62. The monoisotopic (exact) mass is 553 g/mol. The summed E-state index contributed by atoms with van der Waals surface area (Å²) in [5.41, 5.74) is 14.6. The van der Waals surface area contributed by atoms with E-state index in [4.69, 9.17) is 15.7 Å². The van der Waals surface area contributed by atoms with Crippen molar-refractivity contribution in [2.45, 2.75) is 38.1 Å². The Balaban J connectivity index is 1.19. The van der Waals surface area contributed by atoms with Gasteiger partial charge in [0.05, 0.1) is 11.6 Å². The van der Waals surface area contributed by atoms with E-state index in [1.54, 1.807) is 23.3 Å². The maximum Gasteiger partial charge on any atom is 0.252 e. The first-order chi connectivity index (χ1) is 20.6. The molecule has 0 bridgehead atoms. The van der Waals surface area contributed by atoms with Crippen LogP contribution in [0.3, 0.4) is 0 Å². The van der Waals surface area contributed by atoms with Crippen molar-refractivity contribution in [2.24, 2.45) is 0 Å². The Kier molecular flexibility index (Phi) is 5.59. The van der Waals surface area contributed by atoms with Gasteiger partial charge in [0.1, 0.15) is 11.3 Å². The van der Waals surface area contributed by atoms with Crippen LogP contribution in [0.1, 0.15) is 51.6 Å². The molecule has 0 saturated carbocycles. The molecule has 42 heavy (non-hydrogen) atoms. The van der Waals surface area contributed by atoms with E-state index < -0.39 is 0 Å². The third-order valence-electron chi connectivity index (χ3n) is 8.31. The van der Waals surface area contributed by atoms with Crippen molar-refractivity contribution < 1.29 is 4.79 Å². The number of rotatable bonds is 5. The van der Waals surface area contributed by atoms with Crippen LogP contribution in [-0.2, 0) is 19.3 Å². The van der Waals surface area contributed by atoms with Gasteiger partial charge in [-0.3, -0.25) is 14.3 Å². The van der Waals surface area contributed by atoms with Gasteiger partial charge in [0.15, 0.2) is 17.3 Å². The summed E-state index contributed by atoms with van der Waals surface area (Å²) in [5.74, 6) is 1.72. The highest BCUT2D eigenvalue weighted by Crippen LogP contribution is 2.36. The molecule has 10 nitrogen and oxygen atoms in total. The fraction of sp³-hybridized carbons (Fsp3) is 0.188. The summed E-state index contributed by atoms with van der Waals surface area (Å²) in [6, 6.07) is 17.6. The smallest absolute Gasteiger partial charge is 0.252 e. The van der Waals surface area contributed by atoms with Crippen LogP contribution in [0.25, 0.3) is 34.1 Å². The van der Waals surface area contributed by atoms with E-state index in [0.717, 1.165) is 71.3 Å². The average Bonchev–Trinajstić information content (AvgIpc) is 3.83. The lowest BCUT2D eigenvalue weighted by Crippen LogP contribution is -2.28. The van der Waals surface area contributed by atoms with Crippen molar-refractivity contribution in [3.8, 4) is 22.9 Å².